The van der Waals surface area contributed by atoms with E-state index in [1.165, 1.54) is 30.0 Å². The molecule has 0 spiro atoms. The van der Waals surface area contributed by atoms with Crippen molar-refractivity contribution in [2.75, 3.05) is 11.4 Å². The van der Waals surface area contributed by atoms with Gasteiger partial charge in [-0.15, -0.1) is 0 Å². The van der Waals surface area contributed by atoms with Crippen molar-refractivity contribution in [1.29, 1.82) is 0 Å². The first kappa shape index (κ1) is 28.4. The van der Waals surface area contributed by atoms with Gasteiger partial charge in [-0.2, -0.15) is 0 Å². The van der Waals surface area contributed by atoms with Crippen LogP contribution >= 0.6 is 0 Å². The molecule has 0 saturated carbocycles. The second kappa shape index (κ2) is 11.4. The fourth-order valence-corrected chi connectivity index (χ4v) is 7.26. The maximum atomic E-state index is 14.7. The molecule has 1 fully saturated rings. The summed E-state index contributed by atoms with van der Waals surface area (Å²) in [4.78, 5) is 29.4. The van der Waals surface area contributed by atoms with Gasteiger partial charge in [-0.3, -0.25) is 13.9 Å². The maximum Gasteiger partial charge on any atom is 0.331 e. The SMILES string of the molecule is Cc1c(N2CCCC2S(=O)(=O)c2ccccc2)c(=O)n(CC(N)c2ccccc2)c(=O)n1Cc1c(F)cccc1F. The Labute approximate surface area is 236 Å². The zero-order chi connectivity index (χ0) is 29.3. The first-order valence-corrected chi connectivity index (χ1v) is 14.8. The lowest BCUT2D eigenvalue weighted by atomic mass is 10.1. The van der Waals surface area contributed by atoms with Gasteiger partial charge in [0, 0.05) is 23.8 Å². The van der Waals surface area contributed by atoms with Gasteiger partial charge in [0.15, 0.2) is 9.84 Å². The number of hydrogen-bond donors (Lipinski definition) is 1. The fourth-order valence-electron chi connectivity index (χ4n) is 5.39. The molecule has 1 aliphatic heterocycles. The summed E-state index contributed by atoms with van der Waals surface area (Å²) in [5, 5.41) is -1.07. The third-order valence-corrected chi connectivity index (χ3v) is 9.69. The molecule has 2 unspecified atom stereocenters. The quantitative estimate of drug-likeness (QED) is 0.340. The molecule has 0 bridgehead atoms. The zero-order valence-corrected chi connectivity index (χ0v) is 23.2. The molecule has 0 aliphatic carbocycles. The van der Waals surface area contributed by atoms with Crippen LogP contribution in [0.15, 0.2) is 93.3 Å². The molecule has 1 aromatic heterocycles. The number of anilines is 1. The van der Waals surface area contributed by atoms with Crippen molar-refractivity contribution in [1.82, 2.24) is 9.13 Å². The van der Waals surface area contributed by atoms with E-state index in [1.54, 1.807) is 42.5 Å². The molecular formula is C30H30F2N4O4S. The molecule has 214 valence electrons. The summed E-state index contributed by atoms with van der Waals surface area (Å²) in [6, 6.07) is 19.5. The molecule has 1 saturated heterocycles. The first-order valence-electron chi connectivity index (χ1n) is 13.2. The van der Waals surface area contributed by atoms with Crippen molar-refractivity contribution in [3.05, 3.63) is 128 Å². The summed E-state index contributed by atoms with van der Waals surface area (Å²) in [5.74, 6) is -1.69. The van der Waals surface area contributed by atoms with Crippen molar-refractivity contribution in [2.24, 2.45) is 5.73 Å². The average Bonchev–Trinajstić information content (AvgIpc) is 3.46. The van der Waals surface area contributed by atoms with E-state index in [4.69, 9.17) is 5.73 Å². The van der Waals surface area contributed by atoms with Gasteiger partial charge in [0.05, 0.1) is 18.0 Å². The van der Waals surface area contributed by atoms with Crippen LogP contribution in [0.1, 0.15) is 35.7 Å². The Bertz CT molecular complexity index is 1770. The van der Waals surface area contributed by atoms with Crippen LogP contribution in [0.3, 0.4) is 0 Å². The smallest absolute Gasteiger partial charge is 0.331 e. The Morgan fingerprint density at radius 1 is 0.902 bits per heavy atom. The Hall–Kier alpha value is -4.09. The first-order chi connectivity index (χ1) is 19.6. The maximum absolute atomic E-state index is 14.7. The second-order valence-electron chi connectivity index (χ2n) is 10.1. The highest BCUT2D eigenvalue weighted by molar-refractivity contribution is 7.92. The van der Waals surface area contributed by atoms with Crippen molar-refractivity contribution in [2.45, 2.75) is 49.2 Å². The predicted molar refractivity (Wildman–Crippen MR) is 153 cm³/mol. The van der Waals surface area contributed by atoms with Crippen LogP contribution < -0.4 is 21.9 Å². The van der Waals surface area contributed by atoms with Gasteiger partial charge in [-0.25, -0.2) is 22.0 Å². The topological polar surface area (TPSA) is 107 Å². The highest BCUT2D eigenvalue weighted by atomic mass is 32.2. The molecule has 2 atom stereocenters. The molecule has 3 aromatic carbocycles. The minimum atomic E-state index is -3.90. The van der Waals surface area contributed by atoms with Gasteiger partial charge in [-0.05, 0) is 49.6 Å². The molecule has 8 nitrogen and oxygen atoms in total. The highest BCUT2D eigenvalue weighted by Crippen LogP contribution is 2.32. The van der Waals surface area contributed by atoms with E-state index in [1.807, 2.05) is 6.07 Å². The molecule has 2 heterocycles. The van der Waals surface area contributed by atoms with Gasteiger partial charge in [0.2, 0.25) is 0 Å². The van der Waals surface area contributed by atoms with Gasteiger partial charge in [0.25, 0.3) is 5.56 Å². The van der Waals surface area contributed by atoms with E-state index in [9.17, 15) is 26.8 Å². The standard InChI is InChI=1S/C30H30F2N4O4S/c1-20-28(34-17-9-16-27(34)41(39,40)22-12-6-3-7-13-22)29(37)36(19-26(33)21-10-4-2-5-11-21)30(38)35(20)18-23-24(31)14-8-15-25(23)32/h2-8,10-15,26-27H,9,16-19,33H2,1H3. The van der Waals surface area contributed by atoms with Crippen LogP contribution in [0.5, 0.6) is 0 Å². The Kier molecular flexibility index (Phi) is 7.92. The summed E-state index contributed by atoms with van der Waals surface area (Å²) < 4.78 is 58.8. The summed E-state index contributed by atoms with van der Waals surface area (Å²) in [5.41, 5.74) is 5.32. The predicted octanol–water partition coefficient (Wildman–Crippen LogP) is 3.75. The third kappa shape index (κ3) is 5.34. The second-order valence-corrected chi connectivity index (χ2v) is 12.2. The molecule has 41 heavy (non-hydrogen) atoms. The van der Waals surface area contributed by atoms with Crippen LogP contribution in [0, 0.1) is 18.6 Å². The van der Waals surface area contributed by atoms with Crippen molar-refractivity contribution in [3.63, 3.8) is 0 Å². The minimum Gasteiger partial charge on any atom is -0.349 e. The summed E-state index contributed by atoms with van der Waals surface area (Å²) in [6.45, 7) is 1.01. The van der Waals surface area contributed by atoms with E-state index in [2.05, 4.69) is 0 Å². The lowest BCUT2D eigenvalue weighted by Crippen LogP contribution is -2.48. The van der Waals surface area contributed by atoms with E-state index in [0.717, 1.165) is 21.3 Å². The Balaban J connectivity index is 1.69. The molecule has 0 amide bonds. The largest absolute Gasteiger partial charge is 0.349 e. The number of hydrogen-bond acceptors (Lipinski definition) is 6. The molecule has 11 heteroatoms. The number of benzene rings is 3. The normalized spacial score (nSPS) is 16.2. The van der Waals surface area contributed by atoms with Crippen LogP contribution in [0.2, 0.25) is 0 Å². The van der Waals surface area contributed by atoms with Crippen LogP contribution in [0.25, 0.3) is 0 Å². The van der Waals surface area contributed by atoms with E-state index < -0.39 is 50.7 Å². The lowest BCUT2D eigenvalue weighted by Gasteiger charge is -2.29. The third-order valence-electron chi connectivity index (χ3n) is 7.56. The summed E-state index contributed by atoms with van der Waals surface area (Å²) in [7, 11) is -3.90. The number of sulfone groups is 1. The van der Waals surface area contributed by atoms with E-state index in [-0.39, 0.29) is 41.4 Å². The minimum absolute atomic E-state index is 0.0105. The monoisotopic (exact) mass is 580 g/mol. The molecule has 1 aliphatic rings. The highest BCUT2D eigenvalue weighted by Gasteiger charge is 2.39. The number of aromatic nitrogens is 2. The molecule has 2 N–H and O–H groups in total. The molecule has 0 radical (unpaired) electrons. The average molecular weight is 581 g/mol. The van der Waals surface area contributed by atoms with Gasteiger partial charge in [-0.1, -0.05) is 54.6 Å². The molecule has 5 rings (SSSR count). The lowest BCUT2D eigenvalue weighted by molar-refractivity contribution is 0.491. The number of rotatable bonds is 8. The van der Waals surface area contributed by atoms with Gasteiger partial charge < -0.3 is 10.6 Å². The van der Waals surface area contributed by atoms with Crippen molar-refractivity contribution in [3.8, 4) is 0 Å². The number of halogens is 2. The van der Waals surface area contributed by atoms with Crippen LogP contribution in [0.4, 0.5) is 14.5 Å². The van der Waals surface area contributed by atoms with Crippen LogP contribution in [-0.2, 0) is 22.9 Å². The summed E-state index contributed by atoms with van der Waals surface area (Å²) in [6.07, 6.45) is 0.751. The van der Waals surface area contributed by atoms with Crippen molar-refractivity contribution < 1.29 is 17.2 Å². The van der Waals surface area contributed by atoms with Gasteiger partial charge in [0.1, 0.15) is 22.7 Å². The van der Waals surface area contributed by atoms with E-state index in [0.29, 0.717) is 12.0 Å². The number of nitrogens with two attached hydrogens (primary N) is 1. The van der Waals surface area contributed by atoms with Crippen LogP contribution in [-0.4, -0.2) is 29.5 Å². The Morgan fingerprint density at radius 2 is 1.51 bits per heavy atom. The fraction of sp³-hybridized carbons (Fsp3) is 0.267. The number of nitrogens with zero attached hydrogens (tertiary/aromatic N) is 3. The zero-order valence-electron chi connectivity index (χ0n) is 22.4. The van der Waals surface area contributed by atoms with E-state index >= 15 is 0 Å². The van der Waals surface area contributed by atoms with Crippen molar-refractivity contribution >= 4 is 15.5 Å². The Morgan fingerprint density at radius 3 is 2.15 bits per heavy atom. The molecular weight excluding hydrogens is 550 g/mol. The van der Waals surface area contributed by atoms with Gasteiger partial charge >= 0.3 is 5.69 Å². The summed E-state index contributed by atoms with van der Waals surface area (Å²) >= 11 is 0. The molecule has 4 aromatic rings.